The number of carbonyl (C=O) groups excluding carboxylic acids is 3. The molecule has 290 valence electrons. The van der Waals surface area contributed by atoms with E-state index in [1.54, 1.807) is 65.0 Å². The first kappa shape index (κ1) is 40.8. The molecule has 1 N–H and O–H groups in total. The Morgan fingerprint density at radius 2 is 1.57 bits per heavy atom. The van der Waals surface area contributed by atoms with Crippen LogP contribution in [0.5, 0.6) is 0 Å². The summed E-state index contributed by atoms with van der Waals surface area (Å²) >= 11 is 0. The molecule has 7 nitrogen and oxygen atoms in total. The maximum atomic E-state index is 15.3. The average molecular weight is 741 g/mol. The lowest BCUT2D eigenvalue weighted by molar-refractivity contribution is -0.338. The lowest BCUT2D eigenvalue weighted by Crippen LogP contribution is -2.68. The average Bonchev–Trinajstić information content (AvgIpc) is 3.11. The summed E-state index contributed by atoms with van der Waals surface area (Å²) in [6.07, 6.45) is -9.68. The van der Waals surface area contributed by atoms with Crippen LogP contribution in [0, 0.1) is 39.9 Å². The van der Waals surface area contributed by atoms with Crippen LogP contribution in [0.3, 0.4) is 0 Å². The van der Waals surface area contributed by atoms with Crippen LogP contribution in [0.2, 0.25) is 0 Å². The number of aliphatic hydroxyl groups excluding tert-OH is 1. The van der Waals surface area contributed by atoms with Gasteiger partial charge in [-0.05, 0) is 71.5 Å². The molecule has 2 aromatic carbocycles. The summed E-state index contributed by atoms with van der Waals surface area (Å²) in [6, 6.07) is 18.3. The zero-order valence-corrected chi connectivity index (χ0v) is 32.3. The monoisotopic (exact) mass is 740 g/mol. The second-order valence-electron chi connectivity index (χ2n) is 16.6. The van der Waals surface area contributed by atoms with Crippen molar-refractivity contribution in [2.24, 2.45) is 39.9 Å². The largest absolute Gasteiger partial charge is 0.523 e. The first-order valence-corrected chi connectivity index (χ1v) is 18.8. The van der Waals surface area contributed by atoms with E-state index in [0.717, 1.165) is 5.56 Å². The number of esters is 1. The maximum Gasteiger partial charge on any atom is 0.523 e. The molecule has 0 radical (unpaired) electrons. The van der Waals surface area contributed by atoms with Crippen LogP contribution in [0.25, 0.3) is 0 Å². The van der Waals surface area contributed by atoms with Crippen molar-refractivity contribution >= 4 is 17.5 Å². The van der Waals surface area contributed by atoms with Crippen LogP contribution in [0.4, 0.5) is 13.2 Å². The Balaban J connectivity index is 1.76. The van der Waals surface area contributed by atoms with E-state index in [9.17, 15) is 27.9 Å². The van der Waals surface area contributed by atoms with Crippen molar-refractivity contribution in [3.05, 3.63) is 82.9 Å². The predicted octanol–water partition coefficient (Wildman–Crippen LogP) is 8.90. The molecule has 2 saturated carbocycles. The second-order valence-corrected chi connectivity index (χ2v) is 16.6. The summed E-state index contributed by atoms with van der Waals surface area (Å²) in [6.45, 7) is 14.4. The first-order chi connectivity index (χ1) is 24.7. The van der Waals surface area contributed by atoms with Crippen molar-refractivity contribution in [2.75, 3.05) is 7.11 Å². The number of fused-ring (bicyclic) bond motifs is 3. The fourth-order valence-electron chi connectivity index (χ4n) is 10.3. The summed E-state index contributed by atoms with van der Waals surface area (Å²) in [5, 5.41) is 11.7. The van der Waals surface area contributed by atoms with Gasteiger partial charge in [-0.1, -0.05) is 109 Å². The SMILES string of the molecule is CCC1C2[C@H](CC(=O)c3ccccc3)[C@]3(C)C[C@H](OC(=O)[C@H](C)[C@@H](C)c4ccccc4)C(C)=C([C@@H](OC(F)(F)F)C(=O)C2(C)[C@@H](OC)C[C@H]1O)C3(C)C. The van der Waals surface area contributed by atoms with Gasteiger partial charge in [0.2, 0.25) is 0 Å². The zero-order chi connectivity index (χ0) is 39.3. The van der Waals surface area contributed by atoms with E-state index in [1.807, 2.05) is 51.1 Å². The number of ether oxygens (including phenoxy) is 3. The third-order valence-electron chi connectivity index (χ3n) is 13.9. The molecule has 3 aliphatic carbocycles. The van der Waals surface area contributed by atoms with Crippen LogP contribution in [-0.2, 0) is 23.8 Å². The molecule has 3 unspecified atom stereocenters. The smallest absolute Gasteiger partial charge is 0.458 e. The van der Waals surface area contributed by atoms with Crippen LogP contribution in [0.15, 0.2) is 71.8 Å². The standard InChI is InChI=1S/C43H55F3O7/c1-10-29-32(48)22-34(51-9)42(8)36(29)30(21-31(47)28-19-15-12-16-20-28)41(7)23-33(52-39(50)25(3)24(2)27-17-13-11-14-18-27)26(4)35(40(41,5)6)37(38(42)49)53-43(44,45)46/h11-20,24-25,29-30,32-34,36-37,48H,10,21-23H2,1-9H3/t24-,25-,29?,30+,32-,33+,34+,36?,37-,41+,42?/m1/s1. The first-order valence-electron chi connectivity index (χ1n) is 18.8. The van der Waals surface area contributed by atoms with Gasteiger partial charge < -0.3 is 14.6 Å². The van der Waals surface area contributed by atoms with Crippen LogP contribution >= 0.6 is 0 Å². The van der Waals surface area contributed by atoms with Gasteiger partial charge in [-0.2, -0.15) is 0 Å². The molecule has 0 spiro atoms. The Hall–Kier alpha value is -3.34. The maximum absolute atomic E-state index is 15.3. The lowest BCUT2D eigenvalue weighted by atomic mass is 9.40. The van der Waals surface area contributed by atoms with Crippen molar-refractivity contribution in [1.29, 1.82) is 0 Å². The third kappa shape index (κ3) is 7.16. The minimum absolute atomic E-state index is 0.0295. The van der Waals surface area contributed by atoms with Gasteiger partial charge in [0.05, 0.1) is 23.5 Å². The molecular formula is C43H55F3O7. The van der Waals surface area contributed by atoms with Gasteiger partial charge in [-0.15, -0.1) is 13.2 Å². The van der Waals surface area contributed by atoms with E-state index in [2.05, 4.69) is 0 Å². The highest BCUT2D eigenvalue weighted by atomic mass is 19.4. The van der Waals surface area contributed by atoms with Crippen LogP contribution < -0.4 is 0 Å². The molecule has 2 aromatic rings. The summed E-state index contributed by atoms with van der Waals surface area (Å²) < 4.78 is 60.9. The molecule has 0 aliphatic heterocycles. The van der Waals surface area contributed by atoms with E-state index < -0.39 is 82.4 Å². The molecule has 0 heterocycles. The fourth-order valence-corrected chi connectivity index (χ4v) is 10.3. The van der Waals surface area contributed by atoms with Crippen LogP contribution in [0.1, 0.15) is 103 Å². The molecule has 2 bridgehead atoms. The minimum atomic E-state index is -5.20. The van der Waals surface area contributed by atoms with E-state index in [1.165, 1.54) is 7.11 Å². The minimum Gasteiger partial charge on any atom is -0.458 e. The zero-order valence-electron chi connectivity index (χ0n) is 32.3. The molecule has 10 heteroatoms. The van der Waals surface area contributed by atoms with E-state index >= 15 is 4.79 Å². The summed E-state index contributed by atoms with van der Waals surface area (Å²) in [5.41, 5.74) is -2.01. The van der Waals surface area contributed by atoms with Gasteiger partial charge in [-0.3, -0.25) is 19.1 Å². The number of Topliss-reactive ketones (excluding diaryl/α,β-unsaturated/α-hetero) is 2. The Labute approximate surface area is 311 Å². The molecule has 5 rings (SSSR count). The van der Waals surface area contributed by atoms with Gasteiger partial charge in [0.15, 0.2) is 11.6 Å². The Bertz CT molecular complexity index is 1690. The van der Waals surface area contributed by atoms with Gasteiger partial charge in [0.1, 0.15) is 12.2 Å². The topological polar surface area (TPSA) is 99.1 Å². The molecule has 11 atom stereocenters. The van der Waals surface area contributed by atoms with Crippen LogP contribution in [-0.4, -0.2) is 60.5 Å². The number of aliphatic hydroxyl groups is 1. The normalized spacial score (nSPS) is 34.0. The summed E-state index contributed by atoms with van der Waals surface area (Å²) in [7, 11) is 1.39. The van der Waals surface area contributed by atoms with E-state index in [-0.39, 0.29) is 36.5 Å². The highest BCUT2D eigenvalue weighted by Crippen LogP contribution is 2.68. The van der Waals surface area contributed by atoms with E-state index in [4.69, 9.17) is 14.2 Å². The molecule has 0 saturated heterocycles. The molecule has 3 aliphatic rings. The molecule has 0 aromatic heterocycles. The summed E-state index contributed by atoms with van der Waals surface area (Å²) in [5.74, 6) is -4.41. The van der Waals surface area contributed by atoms with E-state index in [0.29, 0.717) is 17.6 Å². The number of hydrogen-bond acceptors (Lipinski definition) is 7. The van der Waals surface area contributed by atoms with Crippen molar-refractivity contribution in [1.82, 2.24) is 0 Å². The van der Waals surface area contributed by atoms with Gasteiger partial charge in [0.25, 0.3) is 0 Å². The number of hydrogen-bond donors (Lipinski definition) is 1. The second kappa shape index (κ2) is 15.1. The Kier molecular flexibility index (Phi) is 11.6. The van der Waals surface area contributed by atoms with Crippen molar-refractivity contribution in [2.45, 2.75) is 118 Å². The number of benzene rings is 2. The van der Waals surface area contributed by atoms with Crippen molar-refractivity contribution in [3.8, 4) is 0 Å². The molecular weight excluding hydrogens is 685 g/mol. The predicted molar refractivity (Wildman–Crippen MR) is 195 cm³/mol. The molecule has 0 amide bonds. The number of rotatable bonds is 10. The molecule has 53 heavy (non-hydrogen) atoms. The highest BCUT2D eigenvalue weighted by Gasteiger charge is 2.69. The Morgan fingerprint density at radius 1 is 0.981 bits per heavy atom. The molecule has 2 fully saturated rings. The lowest BCUT2D eigenvalue weighted by Gasteiger charge is -2.65. The van der Waals surface area contributed by atoms with Gasteiger partial charge in [0, 0.05) is 25.5 Å². The number of alkyl halides is 3. The fraction of sp³-hybridized carbons (Fsp3) is 0.605. The third-order valence-corrected chi connectivity index (χ3v) is 13.9. The number of halogens is 3. The number of ketones is 2. The highest BCUT2D eigenvalue weighted by molar-refractivity contribution is 5.97. The van der Waals surface area contributed by atoms with Gasteiger partial charge in [-0.25, -0.2) is 0 Å². The quantitative estimate of drug-likeness (QED) is 0.148. The van der Waals surface area contributed by atoms with Gasteiger partial charge >= 0.3 is 12.3 Å². The van der Waals surface area contributed by atoms with Crippen molar-refractivity contribution in [3.63, 3.8) is 0 Å². The number of carbonyl (C=O) groups is 3. The Morgan fingerprint density at radius 3 is 2.11 bits per heavy atom. The number of methoxy groups -OCH3 is 1. The van der Waals surface area contributed by atoms with Crippen molar-refractivity contribution < 1.29 is 46.9 Å². The summed E-state index contributed by atoms with van der Waals surface area (Å²) in [4.78, 5) is 43.6.